The molecule has 0 amide bonds. The Balaban J connectivity index is 1.79. The summed E-state index contributed by atoms with van der Waals surface area (Å²) in [5, 5.41) is 0. The lowest BCUT2D eigenvalue weighted by atomic mass is 9.97. The monoisotopic (exact) mass is 287 g/mol. The van der Waals surface area contributed by atoms with Gasteiger partial charge in [-0.1, -0.05) is 24.1 Å². The first-order valence-corrected chi connectivity index (χ1v) is 8.47. The van der Waals surface area contributed by atoms with Crippen molar-refractivity contribution in [1.82, 2.24) is 4.90 Å². The highest BCUT2D eigenvalue weighted by molar-refractivity contribution is 5.56. The summed E-state index contributed by atoms with van der Waals surface area (Å²) in [6, 6.07) is 7.86. The molecule has 2 aliphatic heterocycles. The normalized spacial score (nSPS) is 24.7. The van der Waals surface area contributed by atoms with Crippen LogP contribution in [0.1, 0.15) is 37.3 Å². The van der Waals surface area contributed by atoms with E-state index in [9.17, 15) is 0 Å². The summed E-state index contributed by atoms with van der Waals surface area (Å²) < 4.78 is 0. The molecule has 2 fully saturated rings. The molecule has 0 bridgehead atoms. The maximum Gasteiger partial charge on any atom is 0.0400 e. The van der Waals surface area contributed by atoms with Gasteiger partial charge in [-0.3, -0.25) is 4.90 Å². The average Bonchev–Trinajstić information content (AvgIpc) is 2.46. The highest BCUT2D eigenvalue weighted by atomic mass is 15.3. The van der Waals surface area contributed by atoms with Gasteiger partial charge in [-0.05, 0) is 51.3 Å². The topological polar surface area (TPSA) is 32.5 Å². The van der Waals surface area contributed by atoms with Crippen LogP contribution in [0.5, 0.6) is 0 Å². The van der Waals surface area contributed by atoms with E-state index in [1.54, 1.807) is 0 Å². The molecule has 2 atom stereocenters. The van der Waals surface area contributed by atoms with Gasteiger partial charge in [0.25, 0.3) is 0 Å². The molecule has 0 spiro atoms. The lowest BCUT2D eigenvalue weighted by Crippen LogP contribution is -2.55. The summed E-state index contributed by atoms with van der Waals surface area (Å²) in [4.78, 5) is 5.29. The molecule has 2 heterocycles. The highest BCUT2D eigenvalue weighted by Gasteiger charge is 2.29. The maximum atomic E-state index is 6.05. The van der Waals surface area contributed by atoms with E-state index in [0.717, 1.165) is 19.0 Å². The Morgan fingerprint density at radius 3 is 2.90 bits per heavy atom. The van der Waals surface area contributed by atoms with E-state index in [1.165, 1.54) is 55.7 Å². The number of anilines is 1. The van der Waals surface area contributed by atoms with E-state index in [1.807, 2.05) is 0 Å². The Morgan fingerprint density at radius 1 is 1.24 bits per heavy atom. The fourth-order valence-corrected chi connectivity index (χ4v) is 3.91. The first-order valence-electron chi connectivity index (χ1n) is 8.47. The summed E-state index contributed by atoms with van der Waals surface area (Å²) in [5.74, 6) is 0. The minimum Gasteiger partial charge on any atom is -0.368 e. The van der Waals surface area contributed by atoms with Gasteiger partial charge in [-0.15, -0.1) is 0 Å². The zero-order valence-electron chi connectivity index (χ0n) is 13.5. The van der Waals surface area contributed by atoms with Crippen molar-refractivity contribution >= 4 is 5.69 Å². The number of nitrogens with zero attached hydrogens (tertiary/aromatic N) is 2. The third-order valence-corrected chi connectivity index (χ3v) is 4.95. The van der Waals surface area contributed by atoms with Crippen LogP contribution >= 0.6 is 0 Å². The Labute approximate surface area is 129 Å². The number of nitrogens with two attached hydrogens (primary N) is 1. The van der Waals surface area contributed by atoms with E-state index in [-0.39, 0.29) is 6.04 Å². The van der Waals surface area contributed by atoms with Crippen molar-refractivity contribution in [1.29, 1.82) is 0 Å². The SMILES string of the molecule is Cc1ccc(N2CCN3CCCCC3C2)c(CC(C)N)c1. The molecular weight excluding hydrogens is 258 g/mol. The Morgan fingerprint density at radius 2 is 2.10 bits per heavy atom. The second kappa shape index (κ2) is 6.37. The van der Waals surface area contributed by atoms with Crippen molar-refractivity contribution in [2.45, 2.75) is 51.6 Å². The van der Waals surface area contributed by atoms with Gasteiger partial charge in [0.15, 0.2) is 0 Å². The van der Waals surface area contributed by atoms with Gasteiger partial charge < -0.3 is 10.6 Å². The lowest BCUT2D eigenvalue weighted by molar-refractivity contribution is 0.133. The van der Waals surface area contributed by atoms with Crippen molar-refractivity contribution in [2.24, 2.45) is 5.73 Å². The molecule has 3 nitrogen and oxygen atoms in total. The van der Waals surface area contributed by atoms with Crippen LogP contribution in [-0.2, 0) is 6.42 Å². The van der Waals surface area contributed by atoms with Gasteiger partial charge in [0.2, 0.25) is 0 Å². The molecule has 2 N–H and O–H groups in total. The average molecular weight is 287 g/mol. The van der Waals surface area contributed by atoms with Crippen LogP contribution in [0.2, 0.25) is 0 Å². The summed E-state index contributed by atoms with van der Waals surface area (Å²) in [6.07, 6.45) is 5.12. The quantitative estimate of drug-likeness (QED) is 0.927. The highest BCUT2D eigenvalue weighted by Crippen LogP contribution is 2.28. The maximum absolute atomic E-state index is 6.05. The Hall–Kier alpha value is -1.06. The number of hydrogen-bond donors (Lipinski definition) is 1. The van der Waals surface area contributed by atoms with Crippen molar-refractivity contribution in [3.63, 3.8) is 0 Å². The molecule has 0 saturated carbocycles. The van der Waals surface area contributed by atoms with Crippen molar-refractivity contribution in [3.05, 3.63) is 29.3 Å². The number of benzene rings is 1. The van der Waals surface area contributed by atoms with E-state index < -0.39 is 0 Å². The van der Waals surface area contributed by atoms with Gasteiger partial charge in [-0.25, -0.2) is 0 Å². The van der Waals surface area contributed by atoms with Crippen molar-refractivity contribution < 1.29 is 0 Å². The molecule has 3 rings (SSSR count). The summed E-state index contributed by atoms with van der Waals surface area (Å²) in [5.41, 5.74) is 10.2. The van der Waals surface area contributed by atoms with E-state index >= 15 is 0 Å². The number of rotatable bonds is 3. The summed E-state index contributed by atoms with van der Waals surface area (Å²) >= 11 is 0. The van der Waals surface area contributed by atoms with E-state index in [2.05, 4.69) is 41.8 Å². The smallest absolute Gasteiger partial charge is 0.0400 e. The third-order valence-electron chi connectivity index (χ3n) is 4.95. The Bertz CT molecular complexity index is 483. The standard InChI is InChI=1S/C18H29N3/c1-14-6-7-18(16(11-14)12-15(2)19)21-10-9-20-8-4-3-5-17(20)13-21/h6-7,11,15,17H,3-5,8-10,12-13,19H2,1-2H3. The van der Waals surface area contributed by atoms with Crippen molar-refractivity contribution in [2.75, 3.05) is 31.1 Å². The molecule has 3 heteroatoms. The molecule has 116 valence electrons. The molecule has 0 aliphatic carbocycles. The lowest BCUT2D eigenvalue weighted by Gasteiger charge is -2.45. The third kappa shape index (κ3) is 3.41. The van der Waals surface area contributed by atoms with Crippen LogP contribution in [0.15, 0.2) is 18.2 Å². The van der Waals surface area contributed by atoms with Crippen LogP contribution in [-0.4, -0.2) is 43.2 Å². The Kier molecular flexibility index (Phi) is 4.51. The van der Waals surface area contributed by atoms with Gasteiger partial charge in [0, 0.05) is 37.4 Å². The van der Waals surface area contributed by atoms with Gasteiger partial charge in [0.05, 0.1) is 0 Å². The number of piperidine rings is 1. The zero-order valence-corrected chi connectivity index (χ0v) is 13.5. The van der Waals surface area contributed by atoms with Crippen LogP contribution in [0.3, 0.4) is 0 Å². The fourth-order valence-electron chi connectivity index (χ4n) is 3.91. The minimum atomic E-state index is 0.224. The predicted molar refractivity (Wildman–Crippen MR) is 90.0 cm³/mol. The molecular formula is C18H29N3. The van der Waals surface area contributed by atoms with Crippen LogP contribution in [0.25, 0.3) is 0 Å². The molecule has 2 unspecified atom stereocenters. The summed E-state index contributed by atoms with van der Waals surface area (Å²) in [6.45, 7) is 9.15. The van der Waals surface area contributed by atoms with E-state index in [0.29, 0.717) is 0 Å². The van der Waals surface area contributed by atoms with Crippen LogP contribution in [0.4, 0.5) is 5.69 Å². The first-order chi connectivity index (χ1) is 10.1. The van der Waals surface area contributed by atoms with Crippen LogP contribution < -0.4 is 10.6 Å². The number of hydrogen-bond acceptors (Lipinski definition) is 3. The molecule has 0 aromatic heterocycles. The molecule has 2 aliphatic rings. The molecule has 1 aromatic rings. The second-order valence-electron chi connectivity index (χ2n) is 6.95. The van der Waals surface area contributed by atoms with Gasteiger partial charge in [-0.2, -0.15) is 0 Å². The second-order valence-corrected chi connectivity index (χ2v) is 6.95. The fraction of sp³-hybridized carbons (Fsp3) is 0.667. The number of fused-ring (bicyclic) bond motifs is 1. The molecule has 1 aromatic carbocycles. The van der Waals surface area contributed by atoms with Crippen LogP contribution in [0, 0.1) is 6.92 Å². The zero-order chi connectivity index (χ0) is 14.8. The number of piperazine rings is 1. The minimum absolute atomic E-state index is 0.224. The largest absolute Gasteiger partial charge is 0.368 e. The first kappa shape index (κ1) is 14.9. The molecule has 2 saturated heterocycles. The van der Waals surface area contributed by atoms with Gasteiger partial charge >= 0.3 is 0 Å². The van der Waals surface area contributed by atoms with E-state index in [4.69, 9.17) is 5.73 Å². The van der Waals surface area contributed by atoms with Gasteiger partial charge in [0.1, 0.15) is 0 Å². The van der Waals surface area contributed by atoms with Crippen molar-refractivity contribution in [3.8, 4) is 0 Å². The molecule has 0 radical (unpaired) electrons. The summed E-state index contributed by atoms with van der Waals surface area (Å²) in [7, 11) is 0. The number of aryl methyl sites for hydroxylation is 1. The predicted octanol–water partition coefficient (Wildman–Crippen LogP) is 2.56. The molecule has 21 heavy (non-hydrogen) atoms.